The fraction of sp³-hybridized carbons (Fsp3) is 0.267. The molecule has 1 N–H and O–H groups in total. The van der Waals surface area contributed by atoms with Crippen LogP contribution in [0.1, 0.15) is 23.7 Å². The molecular formula is C15H16FNO. The Balaban J connectivity index is 2.27. The smallest absolute Gasteiger partial charge is 0.126 e. The summed E-state index contributed by atoms with van der Waals surface area (Å²) < 4.78 is 13.6. The number of aliphatic hydroxyl groups is 1. The van der Waals surface area contributed by atoms with Crippen molar-refractivity contribution in [2.24, 2.45) is 0 Å². The lowest BCUT2D eigenvalue weighted by atomic mass is 9.90. The van der Waals surface area contributed by atoms with Crippen LogP contribution in [0.3, 0.4) is 0 Å². The Bertz CT molecular complexity index is 534. The summed E-state index contributed by atoms with van der Waals surface area (Å²) >= 11 is 0. The minimum atomic E-state index is -1.12. The molecule has 0 saturated carbocycles. The number of halogens is 1. The molecule has 1 atom stereocenters. The number of aromatic nitrogens is 1. The van der Waals surface area contributed by atoms with Crippen molar-refractivity contribution in [1.82, 2.24) is 4.98 Å². The van der Waals surface area contributed by atoms with E-state index in [0.717, 1.165) is 5.69 Å². The van der Waals surface area contributed by atoms with Crippen molar-refractivity contribution in [2.45, 2.75) is 25.9 Å². The molecule has 0 saturated heterocycles. The maximum atomic E-state index is 13.6. The van der Waals surface area contributed by atoms with Gasteiger partial charge in [0.25, 0.3) is 0 Å². The van der Waals surface area contributed by atoms with Gasteiger partial charge in [0.1, 0.15) is 5.82 Å². The van der Waals surface area contributed by atoms with Gasteiger partial charge in [-0.3, -0.25) is 4.98 Å². The van der Waals surface area contributed by atoms with E-state index in [0.29, 0.717) is 11.1 Å². The Kier molecular flexibility index (Phi) is 3.43. The van der Waals surface area contributed by atoms with Crippen molar-refractivity contribution in [2.75, 3.05) is 0 Å². The molecule has 1 heterocycles. The number of nitrogens with zero attached hydrogens (tertiary/aromatic N) is 1. The molecule has 2 aromatic rings. The number of hydrogen-bond donors (Lipinski definition) is 1. The summed E-state index contributed by atoms with van der Waals surface area (Å²) in [5, 5.41) is 10.4. The highest BCUT2D eigenvalue weighted by molar-refractivity contribution is 5.25. The minimum absolute atomic E-state index is 0.227. The average molecular weight is 245 g/mol. The first-order valence-electron chi connectivity index (χ1n) is 5.88. The summed E-state index contributed by atoms with van der Waals surface area (Å²) in [6.07, 6.45) is 1.86. The summed E-state index contributed by atoms with van der Waals surface area (Å²) in [7, 11) is 0. The summed E-state index contributed by atoms with van der Waals surface area (Å²) in [6, 6.07) is 10.2. The van der Waals surface area contributed by atoms with Gasteiger partial charge in [-0.05, 0) is 31.5 Å². The third kappa shape index (κ3) is 2.74. The summed E-state index contributed by atoms with van der Waals surface area (Å²) in [5.41, 5.74) is 0.961. The third-order valence-corrected chi connectivity index (χ3v) is 3.03. The van der Waals surface area contributed by atoms with E-state index >= 15 is 0 Å². The molecule has 3 heteroatoms. The van der Waals surface area contributed by atoms with Crippen molar-refractivity contribution in [3.8, 4) is 0 Å². The molecule has 0 aliphatic carbocycles. The largest absolute Gasteiger partial charge is 0.385 e. The Morgan fingerprint density at radius 3 is 2.56 bits per heavy atom. The average Bonchev–Trinajstić information content (AvgIpc) is 2.32. The fourth-order valence-electron chi connectivity index (χ4n) is 1.90. The van der Waals surface area contributed by atoms with Crippen LogP contribution in [-0.2, 0) is 12.0 Å². The fourth-order valence-corrected chi connectivity index (χ4v) is 1.90. The van der Waals surface area contributed by atoms with Gasteiger partial charge >= 0.3 is 0 Å². The quantitative estimate of drug-likeness (QED) is 0.901. The van der Waals surface area contributed by atoms with Gasteiger partial charge in [-0.15, -0.1) is 0 Å². The molecule has 0 amide bonds. The van der Waals surface area contributed by atoms with Gasteiger partial charge in [-0.25, -0.2) is 4.39 Å². The molecule has 2 nitrogen and oxygen atoms in total. The van der Waals surface area contributed by atoms with E-state index in [9.17, 15) is 9.50 Å². The monoisotopic (exact) mass is 245 g/mol. The zero-order chi connectivity index (χ0) is 13.2. The van der Waals surface area contributed by atoms with E-state index in [1.54, 1.807) is 31.3 Å². The Morgan fingerprint density at radius 2 is 1.94 bits per heavy atom. The summed E-state index contributed by atoms with van der Waals surface area (Å²) in [5.74, 6) is -0.294. The molecule has 0 bridgehead atoms. The van der Waals surface area contributed by atoms with Gasteiger partial charge < -0.3 is 5.11 Å². The second-order valence-electron chi connectivity index (χ2n) is 4.73. The molecule has 1 aromatic carbocycles. The lowest BCUT2D eigenvalue weighted by Crippen LogP contribution is -2.25. The van der Waals surface area contributed by atoms with Crippen LogP contribution in [0, 0.1) is 12.7 Å². The van der Waals surface area contributed by atoms with Crippen molar-refractivity contribution in [3.63, 3.8) is 0 Å². The van der Waals surface area contributed by atoms with E-state index in [-0.39, 0.29) is 12.2 Å². The SMILES string of the molecule is Cc1ccc(C(C)(O)Cc2ccccc2F)cn1. The molecule has 1 aromatic heterocycles. The highest BCUT2D eigenvalue weighted by atomic mass is 19.1. The van der Waals surface area contributed by atoms with Crippen molar-refractivity contribution in [1.29, 1.82) is 0 Å². The van der Waals surface area contributed by atoms with E-state index in [1.165, 1.54) is 6.07 Å². The zero-order valence-electron chi connectivity index (χ0n) is 10.5. The zero-order valence-corrected chi connectivity index (χ0v) is 10.5. The van der Waals surface area contributed by atoms with Crippen molar-refractivity contribution >= 4 is 0 Å². The summed E-state index contributed by atoms with van der Waals surface area (Å²) in [4.78, 5) is 4.16. The third-order valence-electron chi connectivity index (χ3n) is 3.03. The van der Waals surface area contributed by atoms with E-state index in [1.807, 2.05) is 19.1 Å². The first kappa shape index (κ1) is 12.7. The number of benzene rings is 1. The first-order chi connectivity index (χ1) is 8.49. The van der Waals surface area contributed by atoms with Gasteiger partial charge in [0.15, 0.2) is 0 Å². The predicted octanol–water partition coefficient (Wildman–Crippen LogP) is 2.98. The molecule has 0 spiro atoms. The van der Waals surface area contributed by atoms with Crippen LogP contribution in [0.15, 0.2) is 42.6 Å². The lowest BCUT2D eigenvalue weighted by Gasteiger charge is -2.24. The van der Waals surface area contributed by atoms with E-state index in [4.69, 9.17) is 0 Å². The molecule has 0 aliphatic heterocycles. The second kappa shape index (κ2) is 4.86. The van der Waals surface area contributed by atoms with Gasteiger partial charge in [0.05, 0.1) is 5.60 Å². The number of aryl methyl sites for hydroxylation is 1. The number of hydrogen-bond acceptors (Lipinski definition) is 2. The maximum Gasteiger partial charge on any atom is 0.126 e. The van der Waals surface area contributed by atoms with E-state index < -0.39 is 5.60 Å². The molecule has 0 radical (unpaired) electrons. The van der Waals surface area contributed by atoms with Crippen LogP contribution in [0.25, 0.3) is 0 Å². The van der Waals surface area contributed by atoms with Crippen LogP contribution in [0.2, 0.25) is 0 Å². The molecule has 18 heavy (non-hydrogen) atoms. The molecule has 0 aliphatic rings. The van der Waals surface area contributed by atoms with Crippen LogP contribution in [0.5, 0.6) is 0 Å². The highest BCUT2D eigenvalue weighted by Gasteiger charge is 2.25. The first-order valence-corrected chi connectivity index (χ1v) is 5.88. The van der Waals surface area contributed by atoms with Gasteiger partial charge in [0.2, 0.25) is 0 Å². The molecule has 1 unspecified atom stereocenters. The Morgan fingerprint density at radius 1 is 1.22 bits per heavy atom. The topological polar surface area (TPSA) is 33.1 Å². The van der Waals surface area contributed by atoms with E-state index in [2.05, 4.69) is 4.98 Å². The maximum absolute atomic E-state index is 13.6. The lowest BCUT2D eigenvalue weighted by molar-refractivity contribution is 0.0563. The normalized spacial score (nSPS) is 14.2. The highest BCUT2D eigenvalue weighted by Crippen LogP contribution is 2.25. The van der Waals surface area contributed by atoms with Crippen LogP contribution >= 0.6 is 0 Å². The molecule has 2 rings (SSSR count). The summed E-state index contributed by atoms with van der Waals surface area (Å²) in [6.45, 7) is 3.56. The van der Waals surface area contributed by atoms with Crippen LogP contribution < -0.4 is 0 Å². The van der Waals surface area contributed by atoms with Gasteiger partial charge in [-0.2, -0.15) is 0 Å². The number of rotatable bonds is 3. The molecule has 94 valence electrons. The van der Waals surface area contributed by atoms with Gasteiger partial charge in [0, 0.05) is 23.9 Å². The van der Waals surface area contributed by atoms with Crippen LogP contribution in [0.4, 0.5) is 4.39 Å². The predicted molar refractivity (Wildman–Crippen MR) is 68.6 cm³/mol. The Hall–Kier alpha value is -1.74. The molecular weight excluding hydrogens is 229 g/mol. The minimum Gasteiger partial charge on any atom is -0.385 e. The standard InChI is InChI=1S/C15H16FNO/c1-11-7-8-13(10-17-11)15(2,18)9-12-5-3-4-6-14(12)16/h3-8,10,18H,9H2,1-2H3. The van der Waals surface area contributed by atoms with Crippen molar-refractivity contribution in [3.05, 3.63) is 65.2 Å². The second-order valence-corrected chi connectivity index (χ2v) is 4.73. The Labute approximate surface area is 106 Å². The molecule has 0 fully saturated rings. The van der Waals surface area contributed by atoms with Gasteiger partial charge in [-0.1, -0.05) is 24.3 Å². The van der Waals surface area contributed by atoms with Crippen LogP contribution in [-0.4, -0.2) is 10.1 Å². The van der Waals surface area contributed by atoms with Crippen molar-refractivity contribution < 1.29 is 9.50 Å². The number of pyridine rings is 1.